The molecule has 3 aromatic rings. The second-order valence-electron chi connectivity index (χ2n) is 9.35. The number of aromatic nitrogens is 4. The predicted octanol–water partition coefficient (Wildman–Crippen LogP) is 1.54. The van der Waals surface area contributed by atoms with Gasteiger partial charge in [-0.15, -0.1) is 0 Å². The molecule has 0 radical (unpaired) electrons. The first kappa shape index (κ1) is 26.2. The first-order valence-electron chi connectivity index (χ1n) is 12.4. The Bertz CT molecular complexity index is 1450. The number of pyridine rings is 1. The van der Waals surface area contributed by atoms with E-state index in [1.165, 1.54) is 17.9 Å². The zero-order valence-corrected chi connectivity index (χ0v) is 22.1. The summed E-state index contributed by atoms with van der Waals surface area (Å²) in [4.78, 5) is 46.5. The molecule has 1 fully saturated rings. The molecule has 11 heteroatoms. The first-order valence-corrected chi connectivity index (χ1v) is 12.4. The van der Waals surface area contributed by atoms with Crippen molar-refractivity contribution in [3.8, 4) is 0 Å². The molecule has 1 saturated heterocycles. The van der Waals surface area contributed by atoms with Crippen molar-refractivity contribution in [2.24, 2.45) is 7.05 Å². The standard InChI is InChI=1S/C26H35N7O4/c1-17(2)9-14-32-22-21(20(27-3)23(32)31-13-7-10-28-12-15-31)30(4)26(36)33(24(22)34)16-19-18(25(35)37-5)8-6-11-29-19/h6,8-9,11,27-28H,7,10,12-16H2,1-5H3. The largest absolute Gasteiger partial charge is 0.465 e. The van der Waals surface area contributed by atoms with E-state index < -0.39 is 17.2 Å². The highest BCUT2D eigenvalue weighted by Gasteiger charge is 2.28. The Morgan fingerprint density at radius 2 is 1.97 bits per heavy atom. The van der Waals surface area contributed by atoms with Crippen LogP contribution in [0.4, 0.5) is 11.5 Å². The van der Waals surface area contributed by atoms with Gasteiger partial charge >= 0.3 is 11.7 Å². The quantitative estimate of drug-likeness (QED) is 0.364. The highest BCUT2D eigenvalue weighted by molar-refractivity contribution is 5.98. The number of esters is 1. The molecule has 0 bridgehead atoms. The van der Waals surface area contributed by atoms with Crippen LogP contribution in [0.5, 0.6) is 0 Å². The molecule has 0 unspecified atom stereocenters. The molecule has 3 aromatic heterocycles. The molecule has 1 aliphatic rings. The van der Waals surface area contributed by atoms with E-state index in [-0.39, 0.29) is 12.1 Å². The van der Waals surface area contributed by atoms with Gasteiger partial charge in [0, 0.05) is 46.5 Å². The highest BCUT2D eigenvalue weighted by atomic mass is 16.5. The molecule has 2 N–H and O–H groups in total. The summed E-state index contributed by atoms with van der Waals surface area (Å²) in [6, 6.07) is 3.19. The lowest BCUT2D eigenvalue weighted by Crippen LogP contribution is -2.40. The van der Waals surface area contributed by atoms with E-state index in [4.69, 9.17) is 4.74 Å². The maximum atomic E-state index is 14.1. The second kappa shape index (κ2) is 11.0. The number of fused-ring (bicyclic) bond motifs is 1. The fourth-order valence-corrected chi connectivity index (χ4v) is 4.84. The third kappa shape index (κ3) is 4.91. The maximum absolute atomic E-state index is 14.1. The molecule has 1 aliphatic heterocycles. The summed E-state index contributed by atoms with van der Waals surface area (Å²) in [6.45, 7) is 7.71. The van der Waals surface area contributed by atoms with Crippen LogP contribution >= 0.6 is 0 Å². The molecule has 4 rings (SSSR count). The number of carbonyl (C=O) groups is 1. The minimum absolute atomic E-state index is 0.154. The number of nitrogens with zero attached hydrogens (tertiary/aromatic N) is 5. The van der Waals surface area contributed by atoms with Crippen LogP contribution in [0.15, 0.2) is 39.6 Å². The molecule has 0 atom stereocenters. The average Bonchev–Trinajstić information content (AvgIpc) is 3.02. The SMILES string of the molecule is CNc1c(N2CCCNCC2)n(CC=C(C)C)c2c(=O)n(Cc3ncccc3C(=O)OC)c(=O)n(C)c12. The van der Waals surface area contributed by atoms with Crippen molar-refractivity contribution in [2.75, 3.05) is 50.6 Å². The first-order chi connectivity index (χ1) is 17.8. The number of carbonyl (C=O) groups excluding carboxylic acids is 1. The number of allylic oxidation sites excluding steroid dienone is 2. The number of hydrogen-bond acceptors (Lipinski definition) is 8. The van der Waals surface area contributed by atoms with Gasteiger partial charge in [-0.3, -0.25) is 18.9 Å². The van der Waals surface area contributed by atoms with Crippen LogP contribution in [0.2, 0.25) is 0 Å². The van der Waals surface area contributed by atoms with Gasteiger partial charge in [0.05, 0.1) is 24.9 Å². The zero-order valence-electron chi connectivity index (χ0n) is 22.1. The molecular weight excluding hydrogens is 474 g/mol. The summed E-state index contributed by atoms with van der Waals surface area (Å²) in [6.07, 6.45) is 4.56. The third-order valence-electron chi connectivity index (χ3n) is 6.69. The van der Waals surface area contributed by atoms with E-state index in [2.05, 4.69) is 26.6 Å². The molecule has 198 valence electrons. The topological polar surface area (TPSA) is 115 Å². The van der Waals surface area contributed by atoms with Gasteiger partial charge in [-0.1, -0.05) is 11.6 Å². The van der Waals surface area contributed by atoms with Crippen molar-refractivity contribution in [2.45, 2.75) is 33.4 Å². The fraction of sp³-hybridized carbons (Fsp3) is 0.462. The lowest BCUT2D eigenvalue weighted by Gasteiger charge is -2.25. The Hall–Kier alpha value is -3.86. The molecule has 4 heterocycles. The number of rotatable bonds is 7. The lowest BCUT2D eigenvalue weighted by molar-refractivity contribution is 0.0598. The average molecular weight is 510 g/mol. The van der Waals surface area contributed by atoms with Crippen LogP contribution in [0, 0.1) is 0 Å². The van der Waals surface area contributed by atoms with Gasteiger partial charge in [0.2, 0.25) is 0 Å². The molecular formula is C26H35N7O4. The van der Waals surface area contributed by atoms with Gasteiger partial charge in [-0.25, -0.2) is 9.59 Å². The number of anilines is 2. The van der Waals surface area contributed by atoms with Gasteiger partial charge in [-0.05, 0) is 38.9 Å². The minimum atomic E-state index is -0.574. The Kier molecular flexibility index (Phi) is 7.82. The van der Waals surface area contributed by atoms with Crippen molar-refractivity contribution in [3.63, 3.8) is 0 Å². The van der Waals surface area contributed by atoms with Crippen molar-refractivity contribution in [1.29, 1.82) is 0 Å². The van der Waals surface area contributed by atoms with E-state index in [0.717, 1.165) is 54.2 Å². The molecule has 37 heavy (non-hydrogen) atoms. The summed E-state index contributed by atoms with van der Waals surface area (Å²) < 4.78 is 9.52. The van der Waals surface area contributed by atoms with Crippen LogP contribution in [0.1, 0.15) is 36.3 Å². The Morgan fingerprint density at radius 1 is 1.19 bits per heavy atom. The van der Waals surface area contributed by atoms with Crippen LogP contribution < -0.4 is 26.8 Å². The molecule has 0 spiro atoms. The van der Waals surface area contributed by atoms with E-state index in [9.17, 15) is 14.4 Å². The molecule has 11 nitrogen and oxygen atoms in total. The van der Waals surface area contributed by atoms with E-state index >= 15 is 0 Å². The van der Waals surface area contributed by atoms with Gasteiger partial charge in [0.1, 0.15) is 22.5 Å². The number of aryl methyl sites for hydroxylation is 1. The van der Waals surface area contributed by atoms with Crippen LogP contribution in [0.25, 0.3) is 11.0 Å². The van der Waals surface area contributed by atoms with Gasteiger partial charge < -0.3 is 24.8 Å². The van der Waals surface area contributed by atoms with Crippen LogP contribution in [-0.2, 0) is 24.9 Å². The van der Waals surface area contributed by atoms with Gasteiger partial charge in [0.25, 0.3) is 5.56 Å². The summed E-state index contributed by atoms with van der Waals surface area (Å²) >= 11 is 0. The van der Waals surface area contributed by atoms with Gasteiger partial charge in [0.15, 0.2) is 0 Å². The fourth-order valence-electron chi connectivity index (χ4n) is 4.84. The lowest BCUT2D eigenvalue weighted by atomic mass is 10.2. The van der Waals surface area contributed by atoms with Crippen LogP contribution in [0.3, 0.4) is 0 Å². The minimum Gasteiger partial charge on any atom is -0.465 e. The number of ether oxygens (including phenoxy) is 1. The summed E-state index contributed by atoms with van der Waals surface area (Å²) in [5.41, 5.74) is 2.43. The maximum Gasteiger partial charge on any atom is 0.339 e. The Labute approximate surface area is 215 Å². The van der Waals surface area contributed by atoms with E-state index in [1.54, 1.807) is 19.2 Å². The smallest absolute Gasteiger partial charge is 0.339 e. The van der Waals surface area contributed by atoms with E-state index in [1.807, 2.05) is 25.5 Å². The van der Waals surface area contributed by atoms with Crippen molar-refractivity contribution in [3.05, 3.63) is 62.1 Å². The molecule has 0 saturated carbocycles. The van der Waals surface area contributed by atoms with Crippen molar-refractivity contribution in [1.82, 2.24) is 24.0 Å². The normalized spacial score (nSPS) is 13.9. The highest BCUT2D eigenvalue weighted by Crippen LogP contribution is 2.36. The van der Waals surface area contributed by atoms with Crippen molar-refractivity contribution < 1.29 is 9.53 Å². The summed E-state index contributed by atoms with van der Waals surface area (Å²) in [5, 5.41) is 6.70. The Balaban J connectivity index is 2.01. The Morgan fingerprint density at radius 3 is 2.68 bits per heavy atom. The summed E-state index contributed by atoms with van der Waals surface area (Å²) in [5.74, 6) is 0.312. The summed E-state index contributed by atoms with van der Waals surface area (Å²) in [7, 11) is 4.76. The molecule has 0 amide bonds. The van der Waals surface area contributed by atoms with E-state index in [0.29, 0.717) is 23.3 Å². The third-order valence-corrected chi connectivity index (χ3v) is 6.69. The number of nitrogens with one attached hydrogen (secondary N) is 2. The van der Waals surface area contributed by atoms with Crippen LogP contribution in [-0.4, -0.2) is 65.0 Å². The zero-order chi connectivity index (χ0) is 26.7. The van der Waals surface area contributed by atoms with Gasteiger partial charge in [-0.2, -0.15) is 0 Å². The second-order valence-corrected chi connectivity index (χ2v) is 9.35. The number of hydrogen-bond donors (Lipinski definition) is 2. The monoisotopic (exact) mass is 509 g/mol. The molecule has 0 aliphatic carbocycles. The van der Waals surface area contributed by atoms with Crippen molar-refractivity contribution >= 4 is 28.5 Å². The number of methoxy groups -OCH3 is 1. The molecule has 0 aromatic carbocycles. The predicted molar refractivity (Wildman–Crippen MR) is 145 cm³/mol.